The van der Waals surface area contributed by atoms with Crippen molar-refractivity contribution in [3.05, 3.63) is 51.5 Å². The number of rotatable bonds is 5. The Morgan fingerprint density at radius 2 is 1.79 bits per heavy atom. The summed E-state index contributed by atoms with van der Waals surface area (Å²) in [4.78, 5) is 12.7. The van der Waals surface area contributed by atoms with Crippen molar-refractivity contribution in [1.82, 2.24) is 4.31 Å². The lowest BCUT2D eigenvalue weighted by molar-refractivity contribution is -0.120. The van der Waals surface area contributed by atoms with E-state index in [-0.39, 0.29) is 39.9 Å². The first-order chi connectivity index (χ1) is 13.7. The number of hydrogen-bond acceptors (Lipinski definition) is 4. The highest BCUT2D eigenvalue weighted by Crippen LogP contribution is 2.32. The zero-order chi connectivity index (χ0) is 21.2. The first kappa shape index (κ1) is 22.2. The molecular weight excluding hydrogens is 459 g/mol. The summed E-state index contributed by atoms with van der Waals surface area (Å²) < 4.78 is 32.2. The Balaban J connectivity index is 1.65. The highest BCUT2D eigenvalue weighted by atomic mass is 35.5. The number of methoxy groups -OCH3 is 1. The molecular formula is C19H19Cl3N2O4S. The second kappa shape index (κ2) is 9.10. The number of anilines is 1. The Morgan fingerprint density at radius 1 is 1.10 bits per heavy atom. The van der Waals surface area contributed by atoms with Crippen LogP contribution in [0, 0.1) is 5.92 Å². The molecule has 156 valence electrons. The number of hydrogen-bond donors (Lipinski definition) is 1. The van der Waals surface area contributed by atoms with Gasteiger partial charge in [-0.05, 0) is 43.2 Å². The number of sulfonamides is 1. The third kappa shape index (κ3) is 4.81. The average Bonchev–Trinajstić information content (AvgIpc) is 2.71. The van der Waals surface area contributed by atoms with Crippen LogP contribution in [-0.2, 0) is 14.8 Å². The van der Waals surface area contributed by atoms with Crippen LogP contribution in [0.4, 0.5) is 5.69 Å². The number of nitrogens with one attached hydrogen (secondary N) is 1. The van der Waals surface area contributed by atoms with Crippen LogP contribution in [0.3, 0.4) is 0 Å². The largest absolute Gasteiger partial charge is 0.495 e. The van der Waals surface area contributed by atoms with Crippen LogP contribution < -0.4 is 10.1 Å². The van der Waals surface area contributed by atoms with Crippen molar-refractivity contribution in [2.24, 2.45) is 5.92 Å². The van der Waals surface area contributed by atoms with E-state index in [0.717, 1.165) is 0 Å². The Labute approximate surface area is 184 Å². The van der Waals surface area contributed by atoms with E-state index in [1.165, 1.54) is 29.6 Å². The topological polar surface area (TPSA) is 75.7 Å². The van der Waals surface area contributed by atoms with E-state index in [1.54, 1.807) is 18.2 Å². The van der Waals surface area contributed by atoms with Crippen LogP contribution >= 0.6 is 34.8 Å². The van der Waals surface area contributed by atoms with Gasteiger partial charge in [0, 0.05) is 19.0 Å². The standard InChI is InChI=1S/C19H19Cl3N2O4S/c1-28-17-6-5-13(11-15(17)21)29(26,27)24-9-7-12(8-10-24)19(25)23-16-4-2-3-14(20)18(16)22/h2-6,11-12H,7-10H2,1H3,(H,23,25). The molecule has 0 radical (unpaired) electrons. The number of benzene rings is 2. The number of ether oxygens (including phenoxy) is 1. The van der Waals surface area contributed by atoms with E-state index >= 15 is 0 Å². The number of piperidine rings is 1. The molecule has 1 heterocycles. The molecule has 1 saturated heterocycles. The van der Waals surface area contributed by atoms with Gasteiger partial charge in [0.2, 0.25) is 15.9 Å². The molecule has 2 aromatic rings. The predicted octanol–water partition coefficient (Wildman–Crippen LogP) is 4.69. The van der Waals surface area contributed by atoms with Crippen molar-refractivity contribution < 1.29 is 17.9 Å². The van der Waals surface area contributed by atoms with Gasteiger partial charge in [0.15, 0.2) is 0 Å². The normalized spacial score (nSPS) is 15.9. The molecule has 0 atom stereocenters. The third-order valence-corrected chi connectivity index (χ3v) is 7.80. The Kier molecular flexibility index (Phi) is 6.96. The fraction of sp³-hybridized carbons (Fsp3) is 0.316. The second-order valence-electron chi connectivity index (χ2n) is 6.57. The minimum Gasteiger partial charge on any atom is -0.495 e. The van der Waals surface area contributed by atoms with Gasteiger partial charge >= 0.3 is 0 Å². The van der Waals surface area contributed by atoms with Gasteiger partial charge in [-0.3, -0.25) is 4.79 Å². The monoisotopic (exact) mass is 476 g/mol. The highest BCUT2D eigenvalue weighted by Gasteiger charge is 2.32. The molecule has 29 heavy (non-hydrogen) atoms. The average molecular weight is 478 g/mol. The van der Waals surface area contributed by atoms with E-state index in [0.29, 0.717) is 29.3 Å². The fourth-order valence-corrected chi connectivity index (χ4v) is 5.32. The van der Waals surface area contributed by atoms with Gasteiger partial charge in [-0.2, -0.15) is 4.31 Å². The van der Waals surface area contributed by atoms with E-state index in [9.17, 15) is 13.2 Å². The maximum absolute atomic E-state index is 12.9. The maximum Gasteiger partial charge on any atom is 0.243 e. The Hall–Kier alpha value is -1.51. The van der Waals surface area contributed by atoms with Gasteiger partial charge < -0.3 is 10.1 Å². The van der Waals surface area contributed by atoms with Crippen molar-refractivity contribution in [1.29, 1.82) is 0 Å². The molecule has 0 spiro atoms. The van der Waals surface area contributed by atoms with E-state index in [1.807, 2.05) is 0 Å². The fourth-order valence-electron chi connectivity index (χ4n) is 3.15. The Morgan fingerprint density at radius 3 is 2.41 bits per heavy atom. The molecule has 6 nitrogen and oxygen atoms in total. The summed E-state index contributed by atoms with van der Waals surface area (Å²) in [6.45, 7) is 0.459. The minimum atomic E-state index is -3.71. The third-order valence-electron chi connectivity index (χ3n) is 4.80. The van der Waals surface area contributed by atoms with Gasteiger partial charge in [-0.15, -0.1) is 0 Å². The molecule has 1 fully saturated rings. The van der Waals surface area contributed by atoms with Crippen molar-refractivity contribution in [3.63, 3.8) is 0 Å². The number of halogens is 3. The lowest BCUT2D eigenvalue weighted by Crippen LogP contribution is -2.41. The lowest BCUT2D eigenvalue weighted by atomic mass is 9.97. The zero-order valence-electron chi connectivity index (χ0n) is 15.5. The highest BCUT2D eigenvalue weighted by molar-refractivity contribution is 7.89. The van der Waals surface area contributed by atoms with Crippen molar-refractivity contribution in [3.8, 4) is 5.75 Å². The van der Waals surface area contributed by atoms with Crippen LogP contribution in [0.2, 0.25) is 15.1 Å². The molecule has 1 N–H and O–H groups in total. The van der Waals surface area contributed by atoms with E-state index in [2.05, 4.69) is 5.32 Å². The summed E-state index contributed by atoms with van der Waals surface area (Å²) >= 11 is 18.1. The predicted molar refractivity (Wildman–Crippen MR) is 115 cm³/mol. The molecule has 0 aromatic heterocycles. The van der Waals surface area contributed by atoms with E-state index < -0.39 is 10.0 Å². The summed E-state index contributed by atoms with van der Waals surface area (Å²) in [5, 5.41) is 3.62. The van der Waals surface area contributed by atoms with Crippen LogP contribution in [0.1, 0.15) is 12.8 Å². The lowest BCUT2D eigenvalue weighted by Gasteiger charge is -2.30. The Bertz CT molecular complexity index is 1020. The molecule has 0 bridgehead atoms. The first-order valence-electron chi connectivity index (χ1n) is 8.82. The van der Waals surface area contributed by atoms with E-state index in [4.69, 9.17) is 39.5 Å². The van der Waals surface area contributed by atoms with Gasteiger partial charge in [-0.1, -0.05) is 40.9 Å². The zero-order valence-corrected chi connectivity index (χ0v) is 18.6. The second-order valence-corrected chi connectivity index (χ2v) is 9.70. The van der Waals surface area contributed by atoms with Crippen LogP contribution in [0.15, 0.2) is 41.3 Å². The molecule has 1 aliphatic heterocycles. The van der Waals surface area contributed by atoms with Gasteiger partial charge in [0.25, 0.3) is 0 Å². The molecule has 1 amide bonds. The molecule has 3 rings (SSSR count). The summed E-state index contributed by atoms with van der Waals surface area (Å²) in [5.74, 6) is -0.129. The number of nitrogens with zero attached hydrogens (tertiary/aromatic N) is 1. The van der Waals surface area contributed by atoms with Crippen molar-refractivity contribution in [2.45, 2.75) is 17.7 Å². The summed E-state index contributed by atoms with van der Waals surface area (Å²) in [6, 6.07) is 9.34. The maximum atomic E-state index is 12.9. The molecule has 2 aromatic carbocycles. The summed E-state index contributed by atoms with van der Waals surface area (Å²) in [6.07, 6.45) is 0.792. The van der Waals surface area contributed by atoms with Gasteiger partial charge in [0.05, 0.1) is 32.8 Å². The quantitative estimate of drug-likeness (QED) is 0.677. The molecule has 0 unspecified atom stereocenters. The first-order valence-corrected chi connectivity index (χ1v) is 11.4. The SMILES string of the molecule is COc1ccc(S(=O)(=O)N2CCC(C(=O)Nc3cccc(Cl)c3Cl)CC2)cc1Cl. The van der Waals surface area contributed by atoms with Crippen molar-refractivity contribution >= 4 is 56.4 Å². The number of amides is 1. The van der Waals surface area contributed by atoms with Crippen LogP contribution in [0.5, 0.6) is 5.75 Å². The molecule has 0 aliphatic carbocycles. The van der Waals surface area contributed by atoms with Gasteiger partial charge in [0.1, 0.15) is 5.75 Å². The molecule has 0 saturated carbocycles. The van der Waals surface area contributed by atoms with Crippen molar-refractivity contribution in [2.75, 3.05) is 25.5 Å². The smallest absolute Gasteiger partial charge is 0.243 e. The van der Waals surface area contributed by atoms with Crippen LogP contribution in [0.25, 0.3) is 0 Å². The molecule has 1 aliphatic rings. The minimum absolute atomic E-state index is 0.0944. The molecule has 10 heteroatoms. The summed E-state index contributed by atoms with van der Waals surface area (Å²) in [7, 11) is -2.25. The van der Waals surface area contributed by atoms with Gasteiger partial charge in [-0.25, -0.2) is 8.42 Å². The van der Waals surface area contributed by atoms with Crippen LogP contribution in [-0.4, -0.2) is 38.8 Å². The summed E-state index contributed by atoms with van der Waals surface area (Å²) in [5.41, 5.74) is 0.437. The number of carbonyl (C=O) groups excluding carboxylic acids is 1. The number of carbonyl (C=O) groups is 1.